The van der Waals surface area contributed by atoms with E-state index in [2.05, 4.69) is 56.4 Å². The average Bonchev–Trinajstić information content (AvgIpc) is 3.79. The molecule has 8 nitrogen and oxygen atoms in total. The second kappa shape index (κ2) is 15.2. The van der Waals surface area contributed by atoms with E-state index in [0.717, 1.165) is 38.6 Å². The molecule has 0 atom stereocenters. The fraction of sp³-hybridized carbons (Fsp3) is 0. The Labute approximate surface area is 295 Å². The van der Waals surface area contributed by atoms with Crippen molar-refractivity contribution < 1.29 is 9.85 Å². The molecule has 0 aliphatic heterocycles. The van der Waals surface area contributed by atoms with Crippen LogP contribution >= 0.6 is 22.6 Å². The van der Waals surface area contributed by atoms with Crippen molar-refractivity contribution >= 4 is 55.8 Å². The summed E-state index contributed by atoms with van der Waals surface area (Å²) in [6.07, 6.45) is 3.87. The summed E-state index contributed by atoms with van der Waals surface area (Å²) in [6, 6.07) is 49.6. The number of rotatable bonds is 5. The second-order valence-corrected chi connectivity index (χ2v) is 12.2. The maximum absolute atomic E-state index is 11.2. The van der Waals surface area contributed by atoms with Crippen molar-refractivity contribution in [2.24, 2.45) is 0 Å². The number of nitro groups is 2. The van der Waals surface area contributed by atoms with E-state index in [4.69, 9.17) is 0 Å². The van der Waals surface area contributed by atoms with Crippen LogP contribution in [0.1, 0.15) is 0 Å². The van der Waals surface area contributed by atoms with Crippen molar-refractivity contribution in [3.8, 4) is 27.9 Å². The molecule has 0 radical (unpaired) electrons. The summed E-state index contributed by atoms with van der Waals surface area (Å²) in [5.74, 6) is 0. The molecule has 0 spiro atoms. The molecule has 8 aromatic rings. The van der Waals surface area contributed by atoms with Crippen molar-refractivity contribution in [1.29, 1.82) is 0 Å². The minimum absolute atomic E-state index is 0.124. The number of nitrogens with zero attached hydrogens (tertiary/aromatic N) is 3. The molecule has 0 amide bonds. The summed E-state index contributed by atoms with van der Waals surface area (Å²) >= 11 is 2.28. The lowest BCUT2D eigenvalue weighted by Crippen LogP contribution is -1.92. The molecule has 2 heterocycles. The third kappa shape index (κ3) is 7.74. The number of nitrogens with one attached hydrogen (secondary N) is 1. The maximum atomic E-state index is 11.2. The zero-order valence-corrected chi connectivity index (χ0v) is 28.2. The second-order valence-electron chi connectivity index (χ2n) is 10.9. The Hall–Kier alpha value is -6.07. The Kier molecular flexibility index (Phi) is 10.2. The molecular weight excluding hydrogens is 727 g/mol. The lowest BCUT2D eigenvalue weighted by molar-refractivity contribution is -0.384. The lowest BCUT2D eigenvalue weighted by Gasteiger charge is -2.07. The summed E-state index contributed by atoms with van der Waals surface area (Å²) < 4.78 is 3.40. The van der Waals surface area contributed by atoms with Crippen molar-refractivity contribution in [3.05, 3.63) is 194 Å². The monoisotopic (exact) mass is 756 g/mol. The quantitative estimate of drug-likeness (QED) is 0.107. The van der Waals surface area contributed by atoms with E-state index in [9.17, 15) is 20.2 Å². The molecule has 0 aliphatic rings. The normalized spacial score (nSPS) is 10.5. The van der Waals surface area contributed by atoms with Crippen molar-refractivity contribution in [1.82, 2.24) is 9.55 Å². The van der Waals surface area contributed by atoms with Gasteiger partial charge in [-0.15, -0.1) is 0 Å². The topological polar surface area (TPSA) is 107 Å². The van der Waals surface area contributed by atoms with Crippen LogP contribution in [0.15, 0.2) is 170 Å². The fourth-order valence-electron chi connectivity index (χ4n) is 5.51. The molecule has 1 N–H and O–H groups in total. The van der Waals surface area contributed by atoms with Crippen molar-refractivity contribution in [2.75, 3.05) is 0 Å². The molecule has 0 aliphatic carbocycles. The molecule has 0 fully saturated rings. The molecule has 0 saturated heterocycles. The Balaban J connectivity index is 0.000000146. The van der Waals surface area contributed by atoms with Crippen LogP contribution in [0, 0.1) is 23.8 Å². The lowest BCUT2D eigenvalue weighted by atomic mass is 10.0. The van der Waals surface area contributed by atoms with Crippen LogP contribution < -0.4 is 0 Å². The SMILES string of the molecule is Ic1ccccc1.O=[N+]([O-])c1ccccc1-c1ccc2[nH]ccc2c1.O=[N+]([O-])c1ccccc1-c1ccc2c(ccn2-c2ccccc2)c1. The summed E-state index contributed by atoms with van der Waals surface area (Å²) in [4.78, 5) is 24.7. The Morgan fingerprint density at radius 2 is 1.08 bits per heavy atom. The third-order valence-electron chi connectivity index (χ3n) is 7.83. The van der Waals surface area contributed by atoms with Crippen LogP contribution in [0.5, 0.6) is 0 Å². The van der Waals surface area contributed by atoms with E-state index in [-0.39, 0.29) is 21.2 Å². The van der Waals surface area contributed by atoms with E-state index in [0.29, 0.717) is 11.1 Å². The van der Waals surface area contributed by atoms with E-state index in [1.165, 1.54) is 15.7 Å². The number of para-hydroxylation sites is 3. The van der Waals surface area contributed by atoms with E-state index < -0.39 is 0 Å². The number of halogens is 1. The maximum Gasteiger partial charge on any atom is 0.277 e. The van der Waals surface area contributed by atoms with Gasteiger partial charge in [0.05, 0.1) is 26.5 Å². The van der Waals surface area contributed by atoms with E-state index in [1.807, 2.05) is 109 Å². The van der Waals surface area contributed by atoms with Gasteiger partial charge in [-0.1, -0.05) is 72.8 Å². The van der Waals surface area contributed by atoms with E-state index in [1.54, 1.807) is 24.3 Å². The molecular formula is C40H29IN4O4. The van der Waals surface area contributed by atoms with Crippen LogP contribution in [0.2, 0.25) is 0 Å². The number of nitro benzene ring substituents is 2. The fourth-order valence-corrected chi connectivity index (χ4v) is 5.93. The zero-order chi connectivity index (χ0) is 34.2. The van der Waals surface area contributed by atoms with Gasteiger partial charge in [-0.05, 0) is 112 Å². The highest BCUT2D eigenvalue weighted by Gasteiger charge is 2.16. The van der Waals surface area contributed by atoms with Crippen LogP contribution in [-0.4, -0.2) is 19.4 Å². The van der Waals surface area contributed by atoms with E-state index >= 15 is 0 Å². The molecule has 49 heavy (non-hydrogen) atoms. The zero-order valence-electron chi connectivity index (χ0n) is 26.0. The highest BCUT2D eigenvalue weighted by molar-refractivity contribution is 14.1. The predicted octanol–water partition coefficient (Wildman–Crippen LogP) is 11.2. The molecule has 9 heteroatoms. The molecule has 8 rings (SSSR count). The number of hydrogen-bond acceptors (Lipinski definition) is 4. The molecule has 0 saturated carbocycles. The highest BCUT2D eigenvalue weighted by Crippen LogP contribution is 2.33. The number of aromatic nitrogens is 2. The van der Waals surface area contributed by atoms with Gasteiger partial charge in [0.2, 0.25) is 0 Å². The number of hydrogen-bond donors (Lipinski definition) is 1. The van der Waals surface area contributed by atoms with Crippen molar-refractivity contribution in [2.45, 2.75) is 0 Å². The molecule has 2 aromatic heterocycles. The summed E-state index contributed by atoms with van der Waals surface area (Å²) in [7, 11) is 0. The van der Waals surface area contributed by atoms with Crippen LogP contribution in [0.3, 0.4) is 0 Å². The Morgan fingerprint density at radius 1 is 0.551 bits per heavy atom. The number of benzene rings is 6. The molecule has 240 valence electrons. The first-order valence-corrected chi connectivity index (χ1v) is 16.4. The standard InChI is InChI=1S/C20H14N2O2.C14H10N2O2.C6H5I/c23-22(24)20-9-5-4-8-18(20)15-10-11-19-16(14-15)12-13-21(19)17-6-2-1-3-7-17;17-16(18)14-4-2-1-3-12(14)10-5-6-13-11(9-10)7-8-15-13;7-6-4-2-1-3-5-6/h1-14H;1-9,15H;1-5H. The Morgan fingerprint density at radius 3 is 1.65 bits per heavy atom. The van der Waals surface area contributed by atoms with Gasteiger partial charge in [0, 0.05) is 44.7 Å². The molecule has 0 unspecified atom stereocenters. The largest absolute Gasteiger partial charge is 0.361 e. The van der Waals surface area contributed by atoms with Crippen LogP contribution in [0.25, 0.3) is 49.7 Å². The predicted molar refractivity (Wildman–Crippen MR) is 205 cm³/mol. The first kappa shape index (κ1) is 32.9. The first-order chi connectivity index (χ1) is 23.9. The minimum atomic E-state index is -0.351. The van der Waals surface area contributed by atoms with Gasteiger partial charge in [0.1, 0.15) is 0 Å². The molecule has 6 aromatic carbocycles. The van der Waals surface area contributed by atoms with Gasteiger partial charge >= 0.3 is 0 Å². The summed E-state index contributed by atoms with van der Waals surface area (Å²) in [5, 5.41) is 24.4. The van der Waals surface area contributed by atoms with Crippen molar-refractivity contribution in [3.63, 3.8) is 0 Å². The Bertz CT molecular complexity index is 2370. The van der Waals surface area contributed by atoms with Gasteiger partial charge in [-0.3, -0.25) is 20.2 Å². The smallest absolute Gasteiger partial charge is 0.277 e. The number of aromatic amines is 1. The highest BCUT2D eigenvalue weighted by atomic mass is 127. The van der Waals surface area contributed by atoms with Gasteiger partial charge in [0.25, 0.3) is 11.4 Å². The van der Waals surface area contributed by atoms with Gasteiger partial charge in [0.15, 0.2) is 0 Å². The van der Waals surface area contributed by atoms with Gasteiger partial charge in [-0.25, -0.2) is 0 Å². The van der Waals surface area contributed by atoms with Gasteiger partial charge < -0.3 is 9.55 Å². The van der Waals surface area contributed by atoms with Crippen LogP contribution in [-0.2, 0) is 0 Å². The average molecular weight is 757 g/mol. The number of H-pyrrole nitrogens is 1. The van der Waals surface area contributed by atoms with Crippen LogP contribution in [0.4, 0.5) is 11.4 Å². The first-order valence-electron chi connectivity index (χ1n) is 15.3. The number of fused-ring (bicyclic) bond motifs is 2. The summed E-state index contributed by atoms with van der Waals surface area (Å²) in [6.45, 7) is 0. The minimum Gasteiger partial charge on any atom is -0.361 e. The molecule has 0 bridgehead atoms. The third-order valence-corrected chi connectivity index (χ3v) is 8.55. The summed E-state index contributed by atoms with van der Waals surface area (Å²) in [5.41, 5.74) is 6.43. The van der Waals surface area contributed by atoms with Gasteiger partial charge in [-0.2, -0.15) is 0 Å².